The van der Waals surface area contributed by atoms with Gasteiger partial charge in [0.1, 0.15) is 9.88 Å². The average molecular weight is 240 g/mol. The standard InChI is InChI=1S/C8H8N4OS2/c1-4-11-12-8(15-4)10-7(13)6-5(9)2-3-14-6/h2-3H,9H2,1H3,(H,10,12,13). The maximum absolute atomic E-state index is 11.7. The van der Waals surface area contributed by atoms with E-state index in [2.05, 4.69) is 15.5 Å². The van der Waals surface area contributed by atoms with Crippen molar-refractivity contribution in [1.82, 2.24) is 10.2 Å². The van der Waals surface area contributed by atoms with Crippen molar-refractivity contribution in [2.45, 2.75) is 6.92 Å². The second kappa shape index (κ2) is 3.95. The van der Waals surface area contributed by atoms with Crippen LogP contribution in [0.3, 0.4) is 0 Å². The van der Waals surface area contributed by atoms with Crippen LogP contribution in [0.15, 0.2) is 11.4 Å². The molecule has 2 aromatic rings. The number of carbonyl (C=O) groups excluding carboxylic acids is 1. The monoisotopic (exact) mass is 240 g/mol. The van der Waals surface area contributed by atoms with Gasteiger partial charge in [-0.15, -0.1) is 21.5 Å². The number of aryl methyl sites for hydroxylation is 1. The molecule has 0 saturated heterocycles. The zero-order chi connectivity index (χ0) is 10.8. The Bertz CT molecular complexity index is 490. The Morgan fingerprint density at radius 3 is 2.87 bits per heavy atom. The number of rotatable bonds is 2. The third-order valence-corrected chi connectivity index (χ3v) is 3.33. The van der Waals surface area contributed by atoms with Crippen molar-refractivity contribution in [2.75, 3.05) is 11.1 Å². The molecule has 1 amide bonds. The average Bonchev–Trinajstić information content (AvgIpc) is 2.75. The van der Waals surface area contributed by atoms with Gasteiger partial charge < -0.3 is 5.73 Å². The van der Waals surface area contributed by atoms with E-state index in [0.717, 1.165) is 5.01 Å². The van der Waals surface area contributed by atoms with Crippen LogP contribution in [0.5, 0.6) is 0 Å². The second-order valence-electron chi connectivity index (χ2n) is 2.79. The zero-order valence-corrected chi connectivity index (χ0v) is 9.48. The molecule has 0 aromatic carbocycles. The van der Waals surface area contributed by atoms with Crippen LogP contribution in [-0.4, -0.2) is 16.1 Å². The molecule has 2 heterocycles. The molecule has 2 aromatic heterocycles. The highest BCUT2D eigenvalue weighted by molar-refractivity contribution is 7.15. The lowest BCUT2D eigenvalue weighted by Gasteiger charge is -1.98. The van der Waals surface area contributed by atoms with E-state index >= 15 is 0 Å². The summed E-state index contributed by atoms with van der Waals surface area (Å²) in [6.45, 7) is 1.83. The molecule has 0 spiro atoms. The van der Waals surface area contributed by atoms with Gasteiger partial charge in [0.05, 0.1) is 5.69 Å². The van der Waals surface area contributed by atoms with Crippen LogP contribution in [0.1, 0.15) is 14.7 Å². The summed E-state index contributed by atoms with van der Waals surface area (Å²) < 4.78 is 0. The van der Waals surface area contributed by atoms with E-state index in [9.17, 15) is 4.79 Å². The van der Waals surface area contributed by atoms with Crippen LogP contribution in [0.4, 0.5) is 10.8 Å². The Balaban J connectivity index is 2.14. The van der Waals surface area contributed by atoms with Crippen LogP contribution >= 0.6 is 22.7 Å². The Labute approximate surface area is 94.0 Å². The summed E-state index contributed by atoms with van der Waals surface area (Å²) >= 11 is 2.63. The molecule has 3 N–H and O–H groups in total. The molecular weight excluding hydrogens is 232 g/mol. The van der Waals surface area contributed by atoms with Gasteiger partial charge in [0.25, 0.3) is 5.91 Å². The number of aromatic nitrogens is 2. The minimum absolute atomic E-state index is 0.237. The van der Waals surface area contributed by atoms with E-state index in [1.165, 1.54) is 22.7 Å². The molecule has 0 aliphatic carbocycles. The fraction of sp³-hybridized carbons (Fsp3) is 0.125. The zero-order valence-electron chi connectivity index (χ0n) is 7.85. The summed E-state index contributed by atoms with van der Waals surface area (Å²) in [4.78, 5) is 12.2. The van der Waals surface area contributed by atoms with Gasteiger partial charge in [-0.3, -0.25) is 10.1 Å². The maximum Gasteiger partial charge on any atom is 0.269 e. The van der Waals surface area contributed by atoms with Crippen LogP contribution in [0.25, 0.3) is 0 Å². The number of nitrogens with zero attached hydrogens (tertiary/aromatic N) is 2. The van der Waals surface area contributed by atoms with Gasteiger partial charge in [-0.2, -0.15) is 0 Å². The normalized spacial score (nSPS) is 10.2. The number of thiophene rings is 1. The topological polar surface area (TPSA) is 80.9 Å². The van der Waals surface area contributed by atoms with E-state index in [4.69, 9.17) is 5.73 Å². The number of anilines is 2. The second-order valence-corrected chi connectivity index (χ2v) is 4.88. The lowest BCUT2D eigenvalue weighted by Crippen LogP contribution is -2.11. The van der Waals surface area contributed by atoms with Crippen molar-refractivity contribution in [1.29, 1.82) is 0 Å². The molecule has 5 nitrogen and oxygen atoms in total. The summed E-state index contributed by atoms with van der Waals surface area (Å²) in [7, 11) is 0. The van der Waals surface area contributed by atoms with Gasteiger partial charge in [0, 0.05) is 0 Å². The summed E-state index contributed by atoms with van der Waals surface area (Å²) in [5.74, 6) is -0.237. The Morgan fingerprint density at radius 1 is 1.53 bits per heavy atom. The minimum atomic E-state index is -0.237. The molecule has 0 fully saturated rings. The van der Waals surface area contributed by atoms with Crippen LogP contribution < -0.4 is 11.1 Å². The van der Waals surface area contributed by atoms with Gasteiger partial charge >= 0.3 is 0 Å². The van der Waals surface area contributed by atoms with Crippen molar-refractivity contribution >= 4 is 39.4 Å². The van der Waals surface area contributed by atoms with Crippen molar-refractivity contribution in [3.63, 3.8) is 0 Å². The van der Waals surface area contributed by atoms with Crippen molar-refractivity contribution in [2.24, 2.45) is 0 Å². The van der Waals surface area contributed by atoms with Crippen molar-refractivity contribution in [3.8, 4) is 0 Å². The number of nitrogens with two attached hydrogens (primary N) is 1. The number of nitrogen functional groups attached to an aromatic ring is 1. The first-order valence-electron chi connectivity index (χ1n) is 4.11. The lowest BCUT2D eigenvalue weighted by atomic mass is 10.4. The predicted molar refractivity (Wildman–Crippen MR) is 61.3 cm³/mol. The lowest BCUT2D eigenvalue weighted by molar-refractivity contribution is 0.103. The summed E-state index contributed by atoms with van der Waals surface area (Å²) in [5, 5.41) is 13.3. The molecule has 78 valence electrons. The highest BCUT2D eigenvalue weighted by Crippen LogP contribution is 2.21. The molecule has 2 rings (SSSR count). The first-order valence-corrected chi connectivity index (χ1v) is 5.81. The Morgan fingerprint density at radius 2 is 2.33 bits per heavy atom. The summed E-state index contributed by atoms with van der Waals surface area (Å²) in [6, 6.07) is 1.70. The fourth-order valence-corrected chi connectivity index (χ4v) is 2.30. The smallest absolute Gasteiger partial charge is 0.269 e. The van der Waals surface area contributed by atoms with Crippen LogP contribution in [0, 0.1) is 6.92 Å². The Kier molecular flexibility index (Phi) is 2.65. The van der Waals surface area contributed by atoms with Gasteiger partial charge in [-0.1, -0.05) is 11.3 Å². The summed E-state index contributed by atoms with van der Waals surface area (Å²) in [6.07, 6.45) is 0. The first-order chi connectivity index (χ1) is 7.16. The molecule has 15 heavy (non-hydrogen) atoms. The molecule has 0 bridgehead atoms. The van der Waals surface area contributed by atoms with E-state index in [1.807, 2.05) is 6.92 Å². The van der Waals surface area contributed by atoms with E-state index in [-0.39, 0.29) is 5.91 Å². The van der Waals surface area contributed by atoms with Gasteiger partial charge in [0.15, 0.2) is 0 Å². The highest BCUT2D eigenvalue weighted by atomic mass is 32.1. The third-order valence-electron chi connectivity index (χ3n) is 1.65. The van der Waals surface area contributed by atoms with Gasteiger partial charge in [-0.25, -0.2) is 0 Å². The molecule has 0 radical (unpaired) electrons. The minimum Gasteiger partial charge on any atom is -0.397 e. The molecular formula is C8H8N4OS2. The van der Waals surface area contributed by atoms with Crippen LogP contribution in [-0.2, 0) is 0 Å². The first kappa shape index (κ1) is 10.1. The molecule has 0 saturated carbocycles. The van der Waals surface area contributed by atoms with E-state index < -0.39 is 0 Å². The fourth-order valence-electron chi connectivity index (χ4n) is 1.00. The molecule has 0 atom stereocenters. The van der Waals surface area contributed by atoms with Gasteiger partial charge in [-0.05, 0) is 18.4 Å². The number of amides is 1. The quantitative estimate of drug-likeness (QED) is 0.837. The SMILES string of the molecule is Cc1nnc(NC(=O)c2sccc2N)s1. The number of nitrogens with one attached hydrogen (secondary N) is 1. The molecule has 0 aliphatic rings. The number of hydrogen-bond donors (Lipinski definition) is 2. The summed E-state index contributed by atoms with van der Waals surface area (Å²) in [5.41, 5.74) is 6.10. The largest absolute Gasteiger partial charge is 0.397 e. The predicted octanol–water partition coefficient (Wildman–Crippen LogP) is 1.74. The molecule has 7 heteroatoms. The van der Waals surface area contributed by atoms with E-state index in [0.29, 0.717) is 15.7 Å². The molecule has 0 unspecified atom stereocenters. The van der Waals surface area contributed by atoms with Crippen molar-refractivity contribution < 1.29 is 4.79 Å². The van der Waals surface area contributed by atoms with Gasteiger partial charge in [0.2, 0.25) is 5.13 Å². The van der Waals surface area contributed by atoms with Crippen molar-refractivity contribution in [3.05, 3.63) is 21.3 Å². The molecule has 0 aliphatic heterocycles. The van der Waals surface area contributed by atoms with Crippen LogP contribution in [0.2, 0.25) is 0 Å². The third kappa shape index (κ3) is 2.13. The number of carbonyl (C=O) groups is 1. The highest BCUT2D eigenvalue weighted by Gasteiger charge is 2.12. The van der Waals surface area contributed by atoms with E-state index in [1.54, 1.807) is 11.4 Å². The maximum atomic E-state index is 11.7. The Hall–Kier alpha value is -1.47. The number of hydrogen-bond acceptors (Lipinski definition) is 6.